The van der Waals surface area contributed by atoms with Gasteiger partial charge in [-0.25, -0.2) is 0 Å². The fourth-order valence-corrected chi connectivity index (χ4v) is 3.56. The molecule has 2 rings (SSSR count). The van der Waals surface area contributed by atoms with E-state index in [2.05, 4.69) is 5.32 Å². The zero-order valence-corrected chi connectivity index (χ0v) is 15.1. The number of methoxy groups -OCH3 is 1. The topological polar surface area (TPSA) is 41.6 Å². The van der Waals surface area contributed by atoms with Crippen LogP contribution in [0.3, 0.4) is 0 Å². The van der Waals surface area contributed by atoms with Gasteiger partial charge in [0.05, 0.1) is 24.0 Å². The number of likely N-dealkylation sites (N-methyl/N-ethyl adjacent to an activating group) is 1. The Hall–Kier alpha value is -1.56. The lowest BCUT2D eigenvalue weighted by Gasteiger charge is -2.20. The van der Waals surface area contributed by atoms with Crippen LogP contribution in [0.25, 0.3) is 0 Å². The molecule has 2 aromatic rings. The number of para-hydroxylation sites is 1. The van der Waals surface area contributed by atoms with E-state index in [1.165, 1.54) is 11.3 Å². The minimum Gasteiger partial charge on any atom is -0.496 e. The average Bonchev–Trinajstić information content (AvgIpc) is 2.91. The van der Waals surface area contributed by atoms with Crippen molar-refractivity contribution in [2.75, 3.05) is 20.7 Å². The standard InChI is InChI=1S/C17H21ClN2O2S/c1-12(14-6-4-5-7-15(14)22-3)19-17(21)11-20(2)10-13-8-9-16(18)23-13/h4-9,12H,10-11H2,1-3H3,(H,19,21). The molecule has 1 atom stereocenters. The second-order valence-electron chi connectivity index (χ2n) is 5.41. The van der Waals surface area contributed by atoms with Gasteiger partial charge in [-0.15, -0.1) is 11.3 Å². The molecular weight excluding hydrogens is 332 g/mol. The Kier molecular flexibility index (Phi) is 6.45. The Bertz CT molecular complexity index is 660. The molecule has 0 radical (unpaired) electrons. The normalized spacial score (nSPS) is 12.2. The molecular formula is C17H21ClN2O2S. The molecule has 0 spiro atoms. The molecule has 1 heterocycles. The van der Waals surface area contributed by atoms with E-state index in [1.807, 2.05) is 55.3 Å². The molecule has 0 aliphatic heterocycles. The van der Waals surface area contributed by atoms with E-state index >= 15 is 0 Å². The first-order chi connectivity index (χ1) is 11.0. The van der Waals surface area contributed by atoms with E-state index in [9.17, 15) is 4.79 Å². The van der Waals surface area contributed by atoms with Gasteiger partial charge in [-0.1, -0.05) is 29.8 Å². The van der Waals surface area contributed by atoms with Gasteiger partial charge in [0.2, 0.25) is 5.91 Å². The molecule has 1 amide bonds. The summed E-state index contributed by atoms with van der Waals surface area (Å²) in [5.74, 6) is 0.760. The van der Waals surface area contributed by atoms with Gasteiger partial charge in [0, 0.05) is 17.0 Å². The zero-order valence-electron chi connectivity index (χ0n) is 13.5. The molecule has 0 saturated carbocycles. The summed E-state index contributed by atoms with van der Waals surface area (Å²) in [5.41, 5.74) is 0.969. The molecule has 1 aromatic carbocycles. The number of amides is 1. The fraction of sp³-hybridized carbons (Fsp3) is 0.353. The Morgan fingerprint density at radius 1 is 1.35 bits per heavy atom. The average molecular weight is 353 g/mol. The van der Waals surface area contributed by atoms with Gasteiger partial charge in [-0.05, 0) is 32.2 Å². The van der Waals surface area contributed by atoms with Crippen LogP contribution in [0.1, 0.15) is 23.4 Å². The first kappa shape index (κ1) is 17.8. The molecule has 4 nitrogen and oxygen atoms in total. The molecule has 0 aliphatic rings. The molecule has 1 aromatic heterocycles. The highest BCUT2D eigenvalue weighted by molar-refractivity contribution is 7.16. The fourth-order valence-electron chi connectivity index (χ4n) is 2.39. The van der Waals surface area contributed by atoms with Gasteiger partial charge in [0.25, 0.3) is 0 Å². The summed E-state index contributed by atoms with van der Waals surface area (Å²) >= 11 is 7.46. The minimum atomic E-state index is -0.108. The van der Waals surface area contributed by atoms with E-state index in [1.54, 1.807) is 7.11 Å². The molecule has 124 valence electrons. The van der Waals surface area contributed by atoms with Crippen molar-refractivity contribution in [2.45, 2.75) is 19.5 Å². The van der Waals surface area contributed by atoms with Crippen molar-refractivity contribution in [3.63, 3.8) is 0 Å². The number of nitrogens with one attached hydrogen (secondary N) is 1. The van der Waals surface area contributed by atoms with Gasteiger partial charge in [0.15, 0.2) is 0 Å². The molecule has 0 saturated heterocycles. The highest BCUT2D eigenvalue weighted by atomic mass is 35.5. The first-order valence-electron chi connectivity index (χ1n) is 7.34. The van der Waals surface area contributed by atoms with E-state index in [4.69, 9.17) is 16.3 Å². The number of carbonyl (C=O) groups excluding carboxylic acids is 1. The Balaban J connectivity index is 1.88. The highest BCUT2D eigenvalue weighted by Crippen LogP contribution is 2.24. The van der Waals surface area contributed by atoms with E-state index in [0.29, 0.717) is 13.1 Å². The number of carbonyl (C=O) groups is 1. The van der Waals surface area contributed by atoms with Crippen LogP contribution < -0.4 is 10.1 Å². The van der Waals surface area contributed by atoms with Crippen LogP contribution in [0, 0.1) is 0 Å². The largest absolute Gasteiger partial charge is 0.496 e. The molecule has 0 aliphatic carbocycles. The van der Waals surface area contributed by atoms with Crippen molar-refractivity contribution in [3.05, 3.63) is 51.2 Å². The summed E-state index contributed by atoms with van der Waals surface area (Å²) in [4.78, 5) is 15.3. The quantitative estimate of drug-likeness (QED) is 0.825. The summed E-state index contributed by atoms with van der Waals surface area (Å²) in [7, 11) is 3.55. The Morgan fingerprint density at radius 3 is 2.74 bits per heavy atom. The van der Waals surface area contributed by atoms with Gasteiger partial charge in [-0.3, -0.25) is 9.69 Å². The molecule has 0 fully saturated rings. The summed E-state index contributed by atoms with van der Waals surface area (Å²) in [6.07, 6.45) is 0. The summed E-state index contributed by atoms with van der Waals surface area (Å²) in [6, 6.07) is 11.5. The second kappa shape index (κ2) is 8.34. The highest BCUT2D eigenvalue weighted by Gasteiger charge is 2.15. The second-order valence-corrected chi connectivity index (χ2v) is 7.21. The lowest BCUT2D eigenvalue weighted by molar-refractivity contribution is -0.122. The lowest BCUT2D eigenvalue weighted by atomic mass is 10.1. The molecule has 0 bridgehead atoms. The van der Waals surface area contributed by atoms with Gasteiger partial charge < -0.3 is 10.1 Å². The Labute approximate surface area is 146 Å². The smallest absolute Gasteiger partial charge is 0.234 e. The number of hydrogen-bond acceptors (Lipinski definition) is 4. The number of hydrogen-bond donors (Lipinski definition) is 1. The van der Waals surface area contributed by atoms with Crippen LogP contribution in [0.2, 0.25) is 4.34 Å². The number of halogens is 1. The number of benzene rings is 1. The Morgan fingerprint density at radius 2 is 2.09 bits per heavy atom. The zero-order chi connectivity index (χ0) is 16.8. The van der Waals surface area contributed by atoms with Gasteiger partial charge in [0.1, 0.15) is 5.75 Å². The van der Waals surface area contributed by atoms with Crippen molar-refractivity contribution >= 4 is 28.8 Å². The predicted octanol–water partition coefficient (Wildman–Crippen LogP) is 3.72. The van der Waals surface area contributed by atoms with E-state index in [0.717, 1.165) is 20.5 Å². The van der Waals surface area contributed by atoms with Crippen molar-refractivity contribution in [3.8, 4) is 5.75 Å². The number of nitrogens with zero attached hydrogens (tertiary/aromatic N) is 1. The lowest BCUT2D eigenvalue weighted by Crippen LogP contribution is -2.36. The third kappa shape index (κ3) is 5.23. The third-order valence-corrected chi connectivity index (χ3v) is 4.67. The molecule has 1 unspecified atom stereocenters. The minimum absolute atomic E-state index is 0.0199. The summed E-state index contributed by atoms with van der Waals surface area (Å²) in [5, 5.41) is 3.01. The SMILES string of the molecule is COc1ccccc1C(C)NC(=O)CN(C)Cc1ccc(Cl)s1. The number of rotatable bonds is 7. The van der Waals surface area contributed by atoms with Crippen LogP contribution in [0.5, 0.6) is 5.75 Å². The van der Waals surface area contributed by atoms with Crippen LogP contribution in [0.15, 0.2) is 36.4 Å². The maximum Gasteiger partial charge on any atom is 0.234 e. The van der Waals surface area contributed by atoms with Gasteiger partial charge >= 0.3 is 0 Å². The van der Waals surface area contributed by atoms with Crippen molar-refractivity contribution < 1.29 is 9.53 Å². The first-order valence-corrected chi connectivity index (χ1v) is 8.54. The maximum atomic E-state index is 12.2. The van der Waals surface area contributed by atoms with Crippen LogP contribution in [0.4, 0.5) is 0 Å². The van der Waals surface area contributed by atoms with Crippen molar-refractivity contribution in [2.24, 2.45) is 0 Å². The monoisotopic (exact) mass is 352 g/mol. The maximum absolute atomic E-state index is 12.2. The molecule has 23 heavy (non-hydrogen) atoms. The third-order valence-electron chi connectivity index (χ3n) is 3.45. The van der Waals surface area contributed by atoms with E-state index < -0.39 is 0 Å². The molecule has 6 heteroatoms. The van der Waals surface area contributed by atoms with Crippen LogP contribution >= 0.6 is 22.9 Å². The van der Waals surface area contributed by atoms with E-state index in [-0.39, 0.29) is 11.9 Å². The summed E-state index contributed by atoms with van der Waals surface area (Å²) in [6.45, 7) is 2.98. The van der Waals surface area contributed by atoms with Crippen molar-refractivity contribution in [1.82, 2.24) is 10.2 Å². The van der Waals surface area contributed by atoms with Crippen LogP contribution in [-0.4, -0.2) is 31.5 Å². The number of thiophene rings is 1. The van der Waals surface area contributed by atoms with Crippen molar-refractivity contribution in [1.29, 1.82) is 0 Å². The van der Waals surface area contributed by atoms with Crippen LogP contribution in [-0.2, 0) is 11.3 Å². The number of ether oxygens (including phenoxy) is 1. The predicted molar refractivity (Wildman–Crippen MR) is 95.2 cm³/mol. The summed E-state index contributed by atoms with van der Waals surface area (Å²) < 4.78 is 6.10. The van der Waals surface area contributed by atoms with Gasteiger partial charge in [-0.2, -0.15) is 0 Å². The molecule has 1 N–H and O–H groups in total.